The average Bonchev–Trinajstić information content (AvgIpc) is 2.61. The Morgan fingerprint density at radius 3 is 2.39 bits per heavy atom. The van der Waals surface area contributed by atoms with Crippen LogP contribution in [0.4, 0.5) is 30.2 Å². The molecule has 0 saturated carbocycles. The molecule has 0 aromatic heterocycles. The standard InChI is InChI=1S/C17H15F3N4O4/c18-17(19,20)10-5-6-13(14(9-10)24(27)28)22-8-7-15(25)23-12-4-2-1-3-11(12)16(21)26/h1-6,9,22H,7-8H2,(H2,21,26)(H,23,25). The number of rotatable bonds is 7. The number of nitrogens with one attached hydrogen (secondary N) is 2. The Balaban J connectivity index is 2.02. The van der Waals surface area contributed by atoms with Crippen LogP contribution in [0.15, 0.2) is 42.5 Å². The number of nitro benzene ring substituents is 1. The van der Waals surface area contributed by atoms with Gasteiger partial charge >= 0.3 is 6.18 Å². The number of nitro groups is 1. The lowest BCUT2D eigenvalue weighted by atomic mass is 10.1. The second kappa shape index (κ2) is 8.37. The van der Waals surface area contributed by atoms with Crippen LogP contribution in [0.5, 0.6) is 0 Å². The van der Waals surface area contributed by atoms with Gasteiger partial charge in [-0.15, -0.1) is 0 Å². The van der Waals surface area contributed by atoms with Crippen LogP contribution in [-0.4, -0.2) is 23.3 Å². The summed E-state index contributed by atoms with van der Waals surface area (Å²) in [5, 5.41) is 16.1. The number of amides is 2. The molecular weight excluding hydrogens is 381 g/mol. The summed E-state index contributed by atoms with van der Waals surface area (Å²) < 4.78 is 38.1. The van der Waals surface area contributed by atoms with Crippen LogP contribution in [0, 0.1) is 10.1 Å². The normalized spacial score (nSPS) is 11.0. The molecule has 0 spiro atoms. The van der Waals surface area contributed by atoms with Crippen molar-refractivity contribution in [3.05, 3.63) is 63.7 Å². The third kappa shape index (κ3) is 5.19. The molecule has 0 atom stereocenters. The quantitative estimate of drug-likeness (QED) is 0.489. The van der Waals surface area contributed by atoms with Crippen molar-refractivity contribution < 1.29 is 27.7 Å². The van der Waals surface area contributed by atoms with E-state index < -0.39 is 34.2 Å². The van der Waals surface area contributed by atoms with Crippen molar-refractivity contribution in [3.63, 3.8) is 0 Å². The van der Waals surface area contributed by atoms with Gasteiger partial charge in [0.15, 0.2) is 0 Å². The van der Waals surface area contributed by atoms with Crippen LogP contribution in [0.1, 0.15) is 22.3 Å². The fourth-order valence-corrected chi connectivity index (χ4v) is 2.34. The van der Waals surface area contributed by atoms with Crippen LogP contribution in [0.3, 0.4) is 0 Å². The van der Waals surface area contributed by atoms with Gasteiger partial charge in [-0.25, -0.2) is 0 Å². The molecule has 0 saturated heterocycles. The van der Waals surface area contributed by atoms with Gasteiger partial charge in [-0.1, -0.05) is 12.1 Å². The van der Waals surface area contributed by atoms with Gasteiger partial charge in [-0.2, -0.15) is 13.2 Å². The first-order valence-electron chi connectivity index (χ1n) is 7.88. The van der Waals surface area contributed by atoms with Gasteiger partial charge in [0.25, 0.3) is 11.6 Å². The largest absolute Gasteiger partial charge is 0.416 e. The summed E-state index contributed by atoms with van der Waals surface area (Å²) in [7, 11) is 0. The highest BCUT2D eigenvalue weighted by molar-refractivity contribution is 6.03. The Morgan fingerprint density at radius 2 is 1.79 bits per heavy atom. The Kier molecular flexibility index (Phi) is 6.18. The van der Waals surface area contributed by atoms with Crippen molar-refractivity contribution in [3.8, 4) is 0 Å². The predicted molar refractivity (Wildman–Crippen MR) is 94.8 cm³/mol. The van der Waals surface area contributed by atoms with Crippen molar-refractivity contribution in [1.29, 1.82) is 0 Å². The molecule has 8 nitrogen and oxygen atoms in total. The molecule has 2 aromatic rings. The molecule has 0 radical (unpaired) electrons. The SMILES string of the molecule is NC(=O)c1ccccc1NC(=O)CCNc1ccc(C(F)(F)F)cc1[N+](=O)[O-]. The molecule has 28 heavy (non-hydrogen) atoms. The fourth-order valence-electron chi connectivity index (χ4n) is 2.34. The zero-order chi connectivity index (χ0) is 20.9. The molecule has 11 heteroatoms. The fraction of sp³-hybridized carbons (Fsp3) is 0.176. The van der Waals surface area contributed by atoms with E-state index in [9.17, 15) is 32.9 Å². The first kappa shape index (κ1) is 20.7. The van der Waals surface area contributed by atoms with Crippen LogP contribution >= 0.6 is 0 Å². The third-order valence-electron chi connectivity index (χ3n) is 3.66. The molecule has 2 aromatic carbocycles. The van der Waals surface area contributed by atoms with Gasteiger partial charge in [0, 0.05) is 19.0 Å². The molecule has 0 fully saturated rings. The minimum absolute atomic E-state index is 0.0865. The lowest BCUT2D eigenvalue weighted by Crippen LogP contribution is -2.20. The number of carbonyl (C=O) groups excluding carboxylic acids is 2. The minimum Gasteiger partial charge on any atom is -0.379 e. The maximum atomic E-state index is 12.7. The van der Waals surface area contributed by atoms with Gasteiger partial charge in [0.2, 0.25) is 5.91 Å². The molecule has 2 amide bonds. The van der Waals surface area contributed by atoms with Crippen molar-refractivity contribution in [2.45, 2.75) is 12.6 Å². The number of carbonyl (C=O) groups is 2. The molecular formula is C17H15F3N4O4. The number of primary amides is 1. The summed E-state index contributed by atoms with van der Waals surface area (Å²) in [6.45, 7) is -0.0865. The second-order valence-corrected chi connectivity index (χ2v) is 5.62. The lowest BCUT2D eigenvalue weighted by molar-refractivity contribution is -0.384. The second-order valence-electron chi connectivity index (χ2n) is 5.62. The molecule has 0 aliphatic carbocycles. The average molecular weight is 396 g/mol. The summed E-state index contributed by atoms with van der Waals surface area (Å²) in [5.74, 6) is -1.25. The van der Waals surface area contributed by atoms with Gasteiger partial charge < -0.3 is 16.4 Å². The Hall–Kier alpha value is -3.63. The van der Waals surface area contributed by atoms with E-state index in [4.69, 9.17) is 5.73 Å². The minimum atomic E-state index is -4.71. The first-order chi connectivity index (χ1) is 13.1. The van der Waals surface area contributed by atoms with E-state index in [0.717, 1.165) is 6.07 Å². The van der Waals surface area contributed by atoms with E-state index in [1.807, 2.05) is 0 Å². The summed E-state index contributed by atoms with van der Waals surface area (Å²) in [4.78, 5) is 33.4. The highest BCUT2D eigenvalue weighted by Crippen LogP contribution is 2.34. The van der Waals surface area contributed by atoms with Crippen LogP contribution < -0.4 is 16.4 Å². The monoisotopic (exact) mass is 396 g/mol. The van der Waals surface area contributed by atoms with Crippen molar-refractivity contribution in [1.82, 2.24) is 0 Å². The van der Waals surface area contributed by atoms with Crippen molar-refractivity contribution in [2.24, 2.45) is 5.73 Å². The smallest absolute Gasteiger partial charge is 0.379 e. The summed E-state index contributed by atoms with van der Waals surface area (Å²) in [5.41, 5.74) is 3.48. The molecule has 0 aliphatic rings. The van der Waals surface area contributed by atoms with E-state index in [0.29, 0.717) is 12.1 Å². The maximum Gasteiger partial charge on any atom is 0.416 e. The number of anilines is 2. The molecule has 0 bridgehead atoms. The molecule has 4 N–H and O–H groups in total. The highest BCUT2D eigenvalue weighted by Gasteiger charge is 2.33. The van der Waals surface area contributed by atoms with Gasteiger partial charge in [0.1, 0.15) is 5.69 Å². The van der Waals surface area contributed by atoms with Crippen LogP contribution in [-0.2, 0) is 11.0 Å². The molecule has 148 valence electrons. The number of nitrogens with two attached hydrogens (primary N) is 1. The molecule has 0 aliphatic heterocycles. The first-order valence-corrected chi connectivity index (χ1v) is 7.88. The Morgan fingerprint density at radius 1 is 1.11 bits per heavy atom. The number of para-hydroxylation sites is 1. The number of alkyl halides is 3. The number of hydrogen-bond acceptors (Lipinski definition) is 5. The van der Waals surface area contributed by atoms with E-state index in [2.05, 4.69) is 10.6 Å². The summed E-state index contributed by atoms with van der Waals surface area (Å²) >= 11 is 0. The summed E-state index contributed by atoms with van der Waals surface area (Å²) in [6.07, 6.45) is -4.87. The van der Waals surface area contributed by atoms with Gasteiger partial charge in [-0.05, 0) is 24.3 Å². The predicted octanol–water partition coefficient (Wildman–Crippen LogP) is 3.15. The Bertz CT molecular complexity index is 916. The van der Waals surface area contributed by atoms with E-state index in [1.54, 1.807) is 12.1 Å². The molecule has 2 rings (SSSR count). The van der Waals surface area contributed by atoms with Crippen LogP contribution in [0.2, 0.25) is 0 Å². The zero-order valence-corrected chi connectivity index (χ0v) is 14.2. The number of nitrogens with zero attached hydrogens (tertiary/aromatic N) is 1. The van der Waals surface area contributed by atoms with E-state index in [-0.39, 0.29) is 29.9 Å². The number of halogens is 3. The Labute approximate surface area is 156 Å². The lowest BCUT2D eigenvalue weighted by Gasteiger charge is -2.11. The topological polar surface area (TPSA) is 127 Å². The third-order valence-corrected chi connectivity index (χ3v) is 3.66. The zero-order valence-electron chi connectivity index (χ0n) is 14.2. The number of benzene rings is 2. The van der Waals surface area contributed by atoms with E-state index >= 15 is 0 Å². The highest BCUT2D eigenvalue weighted by atomic mass is 19.4. The van der Waals surface area contributed by atoms with E-state index in [1.165, 1.54) is 12.1 Å². The summed E-state index contributed by atoms with van der Waals surface area (Å²) in [6, 6.07) is 8.13. The van der Waals surface area contributed by atoms with Crippen molar-refractivity contribution >= 4 is 28.9 Å². The number of hydrogen-bond donors (Lipinski definition) is 3. The van der Waals surface area contributed by atoms with Crippen molar-refractivity contribution in [2.75, 3.05) is 17.2 Å². The molecule has 0 unspecified atom stereocenters. The van der Waals surface area contributed by atoms with Gasteiger partial charge in [0.05, 0.1) is 21.7 Å². The van der Waals surface area contributed by atoms with Crippen LogP contribution in [0.25, 0.3) is 0 Å². The molecule has 0 heterocycles. The maximum absolute atomic E-state index is 12.7. The van der Waals surface area contributed by atoms with Gasteiger partial charge in [-0.3, -0.25) is 19.7 Å².